The molecule has 7 heteroatoms. The Morgan fingerprint density at radius 1 is 1.16 bits per heavy atom. The quantitative estimate of drug-likeness (QED) is 0.762. The van der Waals surface area contributed by atoms with Gasteiger partial charge in [-0.05, 0) is 38.0 Å². The lowest BCUT2D eigenvalue weighted by molar-refractivity contribution is -0.139. The van der Waals surface area contributed by atoms with Crippen molar-refractivity contribution < 1.29 is 19.1 Å². The minimum absolute atomic E-state index is 0.241. The highest BCUT2D eigenvalue weighted by atomic mass is 16.5. The number of ether oxygens (including phenoxy) is 1. The van der Waals surface area contributed by atoms with Gasteiger partial charge >= 0.3 is 6.03 Å². The molecule has 4 amide bonds. The first-order chi connectivity index (χ1) is 11.9. The van der Waals surface area contributed by atoms with E-state index < -0.39 is 17.5 Å². The smallest absolute Gasteiger partial charge is 0.325 e. The van der Waals surface area contributed by atoms with E-state index in [1.165, 1.54) is 0 Å². The minimum atomic E-state index is -1.15. The number of amides is 4. The van der Waals surface area contributed by atoms with Crippen LogP contribution in [-0.2, 0) is 15.1 Å². The number of methoxy groups -OCH3 is 1. The lowest BCUT2D eigenvalue weighted by Crippen LogP contribution is -2.45. The third-order valence-electron chi connectivity index (χ3n) is 4.70. The SMILES string of the molecule is CCN(CC)C(=O)CN1C(=O)NC(CC)(c2ccc(OC)cc2)C1=O. The van der Waals surface area contributed by atoms with Gasteiger partial charge in [-0.1, -0.05) is 19.1 Å². The van der Waals surface area contributed by atoms with E-state index in [4.69, 9.17) is 4.74 Å². The van der Waals surface area contributed by atoms with E-state index in [2.05, 4.69) is 5.32 Å². The zero-order valence-corrected chi connectivity index (χ0v) is 15.2. The number of urea groups is 1. The first-order valence-corrected chi connectivity index (χ1v) is 8.49. The maximum atomic E-state index is 13.0. The second-order valence-corrected chi connectivity index (χ2v) is 5.87. The molecule has 1 unspecified atom stereocenters. The van der Waals surface area contributed by atoms with Gasteiger partial charge in [0, 0.05) is 13.1 Å². The van der Waals surface area contributed by atoms with Gasteiger partial charge in [0.15, 0.2) is 0 Å². The monoisotopic (exact) mass is 347 g/mol. The lowest BCUT2D eigenvalue weighted by Gasteiger charge is -2.26. The zero-order chi connectivity index (χ0) is 18.6. The third-order valence-corrected chi connectivity index (χ3v) is 4.70. The number of carbonyl (C=O) groups is 3. The van der Waals surface area contributed by atoms with E-state index in [9.17, 15) is 14.4 Å². The van der Waals surface area contributed by atoms with Crippen LogP contribution in [0, 0.1) is 0 Å². The summed E-state index contributed by atoms with van der Waals surface area (Å²) >= 11 is 0. The molecule has 1 heterocycles. The fourth-order valence-corrected chi connectivity index (χ4v) is 3.10. The summed E-state index contributed by atoms with van der Waals surface area (Å²) in [4.78, 5) is 40.3. The predicted molar refractivity (Wildman–Crippen MR) is 93.1 cm³/mol. The zero-order valence-electron chi connectivity index (χ0n) is 15.2. The topological polar surface area (TPSA) is 79.0 Å². The van der Waals surface area contributed by atoms with Gasteiger partial charge in [0.2, 0.25) is 5.91 Å². The standard InChI is InChI=1S/C18H25N3O4/c1-5-18(13-8-10-14(25-4)11-9-13)16(23)21(17(24)19-18)12-15(22)20(6-2)7-3/h8-11H,5-7,12H2,1-4H3,(H,19,24). The summed E-state index contributed by atoms with van der Waals surface area (Å²) in [5, 5.41) is 2.78. The summed E-state index contributed by atoms with van der Waals surface area (Å²) < 4.78 is 5.14. The van der Waals surface area contributed by atoms with Gasteiger partial charge in [-0.25, -0.2) is 4.79 Å². The average Bonchev–Trinajstić information content (AvgIpc) is 2.88. The second kappa shape index (κ2) is 7.55. The van der Waals surface area contributed by atoms with Gasteiger partial charge in [-0.3, -0.25) is 14.5 Å². The Bertz CT molecular complexity index is 655. The first-order valence-electron chi connectivity index (χ1n) is 8.49. The molecule has 1 aliphatic heterocycles. The van der Waals surface area contributed by atoms with Gasteiger partial charge in [0.05, 0.1) is 7.11 Å². The molecule has 1 atom stereocenters. The van der Waals surface area contributed by atoms with Crippen molar-refractivity contribution in [1.82, 2.24) is 15.1 Å². The number of hydrogen-bond donors (Lipinski definition) is 1. The molecule has 0 aliphatic carbocycles. The van der Waals surface area contributed by atoms with Crippen LogP contribution in [-0.4, -0.2) is 54.4 Å². The van der Waals surface area contributed by atoms with E-state index in [0.29, 0.717) is 30.8 Å². The Hall–Kier alpha value is -2.57. The number of nitrogens with zero attached hydrogens (tertiary/aromatic N) is 2. The van der Waals surface area contributed by atoms with Crippen LogP contribution in [0.3, 0.4) is 0 Å². The summed E-state index contributed by atoms with van der Waals surface area (Å²) in [6.07, 6.45) is 0.389. The molecule has 1 N–H and O–H groups in total. The normalized spacial score (nSPS) is 19.8. The minimum Gasteiger partial charge on any atom is -0.497 e. The van der Waals surface area contributed by atoms with Gasteiger partial charge in [0.25, 0.3) is 5.91 Å². The van der Waals surface area contributed by atoms with Crippen molar-refractivity contribution >= 4 is 17.8 Å². The van der Waals surface area contributed by atoms with E-state index in [0.717, 1.165) is 4.90 Å². The van der Waals surface area contributed by atoms with Crippen LogP contribution in [0.25, 0.3) is 0 Å². The number of imide groups is 1. The number of hydrogen-bond acceptors (Lipinski definition) is 4. The van der Waals surface area contributed by atoms with Crippen LogP contribution in [0.2, 0.25) is 0 Å². The largest absolute Gasteiger partial charge is 0.497 e. The van der Waals surface area contributed by atoms with E-state index >= 15 is 0 Å². The molecule has 2 rings (SSSR count). The van der Waals surface area contributed by atoms with Gasteiger partial charge in [-0.2, -0.15) is 0 Å². The molecular formula is C18H25N3O4. The molecule has 136 valence electrons. The van der Waals surface area contributed by atoms with Crippen LogP contribution >= 0.6 is 0 Å². The van der Waals surface area contributed by atoms with Crippen molar-refractivity contribution in [2.45, 2.75) is 32.7 Å². The number of benzene rings is 1. The first kappa shape index (κ1) is 18.8. The van der Waals surface area contributed by atoms with Crippen LogP contribution in [0.15, 0.2) is 24.3 Å². The highest BCUT2D eigenvalue weighted by Crippen LogP contribution is 2.33. The molecule has 0 radical (unpaired) electrons. The van der Waals surface area contributed by atoms with Crippen LogP contribution in [0.1, 0.15) is 32.8 Å². The Morgan fingerprint density at radius 2 is 1.76 bits per heavy atom. The van der Waals surface area contributed by atoms with E-state index in [1.54, 1.807) is 36.3 Å². The van der Waals surface area contributed by atoms with Crippen molar-refractivity contribution in [2.75, 3.05) is 26.7 Å². The van der Waals surface area contributed by atoms with Crippen LogP contribution < -0.4 is 10.1 Å². The number of nitrogens with one attached hydrogen (secondary N) is 1. The molecule has 1 saturated heterocycles. The summed E-state index contributed by atoms with van der Waals surface area (Å²) in [5.41, 5.74) is -0.473. The number of rotatable bonds is 7. The lowest BCUT2D eigenvalue weighted by atomic mass is 9.87. The molecule has 0 saturated carbocycles. The van der Waals surface area contributed by atoms with Crippen LogP contribution in [0.4, 0.5) is 4.79 Å². The highest BCUT2D eigenvalue weighted by Gasteiger charge is 2.51. The van der Waals surface area contributed by atoms with E-state index in [1.807, 2.05) is 20.8 Å². The third kappa shape index (κ3) is 3.31. The van der Waals surface area contributed by atoms with Crippen molar-refractivity contribution in [1.29, 1.82) is 0 Å². The highest BCUT2D eigenvalue weighted by molar-refractivity contribution is 6.09. The Balaban J connectivity index is 2.28. The Kier molecular flexibility index (Phi) is 5.66. The van der Waals surface area contributed by atoms with Crippen LogP contribution in [0.5, 0.6) is 5.75 Å². The van der Waals surface area contributed by atoms with Crippen molar-refractivity contribution in [3.8, 4) is 5.75 Å². The Morgan fingerprint density at radius 3 is 2.24 bits per heavy atom. The van der Waals surface area contributed by atoms with E-state index in [-0.39, 0.29) is 12.5 Å². The molecule has 25 heavy (non-hydrogen) atoms. The van der Waals surface area contributed by atoms with Crippen molar-refractivity contribution in [2.24, 2.45) is 0 Å². The molecular weight excluding hydrogens is 322 g/mol. The summed E-state index contributed by atoms with van der Waals surface area (Å²) in [7, 11) is 1.56. The molecule has 1 fully saturated rings. The molecule has 1 aliphatic rings. The summed E-state index contributed by atoms with van der Waals surface area (Å²) in [6, 6.07) is 6.47. The maximum absolute atomic E-state index is 13.0. The second-order valence-electron chi connectivity index (χ2n) is 5.87. The van der Waals surface area contributed by atoms with Gasteiger partial charge < -0.3 is 15.0 Å². The molecule has 0 aromatic heterocycles. The van der Waals surface area contributed by atoms with Crippen molar-refractivity contribution in [3.05, 3.63) is 29.8 Å². The Labute approximate surface area is 147 Å². The fourth-order valence-electron chi connectivity index (χ4n) is 3.10. The maximum Gasteiger partial charge on any atom is 0.325 e. The molecule has 1 aromatic rings. The summed E-state index contributed by atoms with van der Waals surface area (Å²) in [6.45, 7) is 6.39. The fraction of sp³-hybridized carbons (Fsp3) is 0.500. The molecule has 0 spiro atoms. The molecule has 1 aromatic carbocycles. The van der Waals surface area contributed by atoms with Gasteiger partial charge in [-0.15, -0.1) is 0 Å². The number of likely N-dealkylation sites (N-methyl/N-ethyl adjacent to an activating group) is 1. The van der Waals surface area contributed by atoms with Crippen molar-refractivity contribution in [3.63, 3.8) is 0 Å². The van der Waals surface area contributed by atoms with Gasteiger partial charge in [0.1, 0.15) is 17.8 Å². The predicted octanol–water partition coefficient (Wildman–Crippen LogP) is 1.72. The molecule has 7 nitrogen and oxygen atoms in total. The molecule has 0 bridgehead atoms. The summed E-state index contributed by atoms with van der Waals surface area (Å²) in [5.74, 6) is 0.0288. The number of carbonyl (C=O) groups excluding carboxylic acids is 3. The average molecular weight is 347 g/mol.